The van der Waals surface area contributed by atoms with Crippen LogP contribution in [0.2, 0.25) is 0 Å². The van der Waals surface area contributed by atoms with Gasteiger partial charge in [-0.3, -0.25) is 9.89 Å². The highest BCUT2D eigenvalue weighted by Gasteiger charge is 2.25. The number of nitrogens with one attached hydrogen (secondary N) is 1. The summed E-state index contributed by atoms with van der Waals surface area (Å²) in [5.41, 5.74) is 1.09. The van der Waals surface area contributed by atoms with Gasteiger partial charge in [0, 0.05) is 48.4 Å². The van der Waals surface area contributed by atoms with Crippen molar-refractivity contribution in [1.29, 1.82) is 0 Å². The van der Waals surface area contributed by atoms with Gasteiger partial charge < -0.3 is 14.1 Å². The zero-order valence-electron chi connectivity index (χ0n) is 14.2. The van der Waals surface area contributed by atoms with E-state index in [1.807, 2.05) is 11.0 Å². The van der Waals surface area contributed by atoms with E-state index in [2.05, 4.69) is 10.2 Å². The first-order chi connectivity index (χ1) is 12.7. The number of aromatic nitrogens is 2. The number of aromatic amines is 1. The Hall–Kier alpha value is -3.09. The Labute approximate surface area is 149 Å². The van der Waals surface area contributed by atoms with Gasteiger partial charge in [0.15, 0.2) is 6.61 Å². The molecule has 0 saturated carbocycles. The summed E-state index contributed by atoms with van der Waals surface area (Å²) < 4.78 is 10.8. The number of amides is 1. The Morgan fingerprint density at radius 2 is 2.19 bits per heavy atom. The van der Waals surface area contributed by atoms with Gasteiger partial charge in [-0.2, -0.15) is 5.10 Å². The number of likely N-dealkylation sites (tertiary alicyclic amines) is 1. The number of carbonyl (C=O) groups is 1. The standard InChI is InChI=1S/C19H19N3O4/c23-18(22-9-1-2-14(11-22)16-7-8-20-21-16)12-25-15-5-3-13-4-6-19(24)26-17(13)10-15/h3-8,10,14H,1-2,9,11-12H2,(H,20,21). The number of hydrogen-bond donors (Lipinski definition) is 1. The predicted molar refractivity (Wildman–Crippen MR) is 95.1 cm³/mol. The molecule has 134 valence electrons. The van der Waals surface area contributed by atoms with Crippen LogP contribution >= 0.6 is 0 Å². The summed E-state index contributed by atoms with van der Waals surface area (Å²) >= 11 is 0. The zero-order chi connectivity index (χ0) is 17.9. The maximum Gasteiger partial charge on any atom is 0.336 e. The van der Waals surface area contributed by atoms with Gasteiger partial charge in [0.25, 0.3) is 5.91 Å². The van der Waals surface area contributed by atoms with Crippen molar-refractivity contribution >= 4 is 16.9 Å². The number of H-pyrrole nitrogens is 1. The summed E-state index contributed by atoms with van der Waals surface area (Å²) in [6.45, 7) is 1.36. The molecule has 1 fully saturated rings. The van der Waals surface area contributed by atoms with Gasteiger partial charge in [-0.05, 0) is 37.1 Å². The average Bonchev–Trinajstić information content (AvgIpc) is 3.20. The number of benzene rings is 1. The average molecular weight is 353 g/mol. The van der Waals surface area contributed by atoms with E-state index in [0.29, 0.717) is 17.9 Å². The molecule has 26 heavy (non-hydrogen) atoms. The van der Waals surface area contributed by atoms with Crippen LogP contribution in [0.5, 0.6) is 5.75 Å². The Morgan fingerprint density at radius 3 is 3.04 bits per heavy atom. The van der Waals surface area contributed by atoms with E-state index in [-0.39, 0.29) is 18.4 Å². The van der Waals surface area contributed by atoms with E-state index in [0.717, 1.165) is 30.5 Å². The first-order valence-electron chi connectivity index (χ1n) is 8.63. The number of hydrogen-bond acceptors (Lipinski definition) is 5. The highest BCUT2D eigenvalue weighted by atomic mass is 16.5. The lowest BCUT2D eigenvalue weighted by Crippen LogP contribution is -2.41. The third-order valence-corrected chi connectivity index (χ3v) is 4.69. The lowest BCUT2D eigenvalue weighted by molar-refractivity contribution is -0.134. The third-order valence-electron chi connectivity index (χ3n) is 4.69. The van der Waals surface area contributed by atoms with E-state index in [1.165, 1.54) is 6.07 Å². The summed E-state index contributed by atoms with van der Waals surface area (Å²) in [6, 6.07) is 10.2. The second-order valence-electron chi connectivity index (χ2n) is 6.43. The minimum atomic E-state index is -0.413. The second kappa shape index (κ2) is 7.03. The highest BCUT2D eigenvalue weighted by Crippen LogP contribution is 2.25. The highest BCUT2D eigenvalue weighted by molar-refractivity contribution is 5.79. The monoisotopic (exact) mass is 353 g/mol. The molecular weight excluding hydrogens is 334 g/mol. The van der Waals surface area contributed by atoms with Crippen molar-refractivity contribution in [3.63, 3.8) is 0 Å². The summed E-state index contributed by atoms with van der Waals surface area (Å²) in [5.74, 6) is 0.733. The maximum atomic E-state index is 12.5. The molecule has 1 aromatic carbocycles. The SMILES string of the molecule is O=C(COc1ccc2ccc(=O)oc2c1)N1CCCC(c2ccn[nH]2)C1. The van der Waals surface area contributed by atoms with Crippen LogP contribution in [0.4, 0.5) is 0 Å². The fraction of sp³-hybridized carbons (Fsp3) is 0.316. The molecule has 1 atom stereocenters. The number of ether oxygens (including phenoxy) is 1. The molecule has 4 rings (SSSR count). The molecule has 1 N–H and O–H groups in total. The van der Waals surface area contributed by atoms with Crippen LogP contribution in [-0.2, 0) is 4.79 Å². The number of carbonyl (C=O) groups excluding carboxylic acids is 1. The molecule has 1 saturated heterocycles. The van der Waals surface area contributed by atoms with Crippen molar-refractivity contribution in [3.05, 3.63) is 58.7 Å². The number of rotatable bonds is 4. The van der Waals surface area contributed by atoms with Crippen molar-refractivity contribution in [2.75, 3.05) is 19.7 Å². The quantitative estimate of drug-likeness (QED) is 0.727. The molecule has 1 aliphatic heterocycles. The minimum Gasteiger partial charge on any atom is -0.484 e. The van der Waals surface area contributed by atoms with Crippen molar-refractivity contribution in [2.45, 2.75) is 18.8 Å². The summed E-state index contributed by atoms with van der Waals surface area (Å²) in [4.78, 5) is 25.7. The van der Waals surface area contributed by atoms with Crippen LogP contribution in [0, 0.1) is 0 Å². The van der Waals surface area contributed by atoms with E-state index in [4.69, 9.17) is 9.15 Å². The van der Waals surface area contributed by atoms with E-state index >= 15 is 0 Å². The van der Waals surface area contributed by atoms with Gasteiger partial charge in [0.1, 0.15) is 11.3 Å². The topological polar surface area (TPSA) is 88.4 Å². The predicted octanol–water partition coefficient (Wildman–Crippen LogP) is 2.30. The molecule has 1 unspecified atom stereocenters. The summed E-state index contributed by atoms with van der Waals surface area (Å²) in [5, 5.41) is 7.79. The minimum absolute atomic E-state index is 0.0434. The second-order valence-corrected chi connectivity index (χ2v) is 6.43. The lowest BCUT2D eigenvalue weighted by Gasteiger charge is -2.32. The lowest BCUT2D eigenvalue weighted by atomic mass is 9.95. The Balaban J connectivity index is 1.39. The molecule has 0 spiro atoms. The van der Waals surface area contributed by atoms with Crippen LogP contribution in [0.3, 0.4) is 0 Å². The first-order valence-corrected chi connectivity index (χ1v) is 8.63. The fourth-order valence-electron chi connectivity index (χ4n) is 3.32. The van der Waals surface area contributed by atoms with Gasteiger partial charge in [-0.25, -0.2) is 4.79 Å². The van der Waals surface area contributed by atoms with Crippen LogP contribution in [-0.4, -0.2) is 40.7 Å². The zero-order valence-corrected chi connectivity index (χ0v) is 14.2. The van der Waals surface area contributed by atoms with Gasteiger partial charge in [0.2, 0.25) is 0 Å². The molecule has 1 aliphatic rings. The molecule has 2 aromatic heterocycles. The Kier molecular flexibility index (Phi) is 4.43. The van der Waals surface area contributed by atoms with Gasteiger partial charge in [-0.1, -0.05) is 0 Å². The molecule has 3 aromatic rings. The van der Waals surface area contributed by atoms with Gasteiger partial charge >= 0.3 is 5.63 Å². The third kappa shape index (κ3) is 3.46. The van der Waals surface area contributed by atoms with Crippen molar-refractivity contribution in [3.8, 4) is 5.75 Å². The van der Waals surface area contributed by atoms with Crippen molar-refractivity contribution in [1.82, 2.24) is 15.1 Å². The molecule has 7 heteroatoms. The van der Waals surface area contributed by atoms with Gasteiger partial charge in [0.05, 0.1) is 0 Å². The van der Waals surface area contributed by atoms with Crippen LogP contribution in [0.25, 0.3) is 11.0 Å². The maximum absolute atomic E-state index is 12.5. The summed E-state index contributed by atoms with van der Waals surface area (Å²) in [6.07, 6.45) is 3.73. The van der Waals surface area contributed by atoms with E-state index < -0.39 is 5.63 Å². The molecule has 0 radical (unpaired) electrons. The van der Waals surface area contributed by atoms with Crippen molar-refractivity contribution in [2.24, 2.45) is 0 Å². The fourth-order valence-corrected chi connectivity index (χ4v) is 3.32. The van der Waals surface area contributed by atoms with Crippen LogP contribution < -0.4 is 10.4 Å². The number of nitrogens with zero attached hydrogens (tertiary/aromatic N) is 2. The molecule has 0 aliphatic carbocycles. The molecule has 0 bridgehead atoms. The van der Waals surface area contributed by atoms with E-state index in [1.54, 1.807) is 30.5 Å². The molecule has 3 heterocycles. The Morgan fingerprint density at radius 1 is 1.31 bits per heavy atom. The first kappa shape index (κ1) is 16.4. The largest absolute Gasteiger partial charge is 0.484 e. The number of fused-ring (bicyclic) bond motifs is 1. The van der Waals surface area contributed by atoms with Gasteiger partial charge in [-0.15, -0.1) is 0 Å². The van der Waals surface area contributed by atoms with E-state index in [9.17, 15) is 9.59 Å². The smallest absolute Gasteiger partial charge is 0.336 e. The van der Waals surface area contributed by atoms with Crippen molar-refractivity contribution < 1.29 is 13.9 Å². The normalized spacial score (nSPS) is 17.4. The number of piperidine rings is 1. The Bertz CT molecular complexity index is 964. The molecule has 1 amide bonds. The molecular formula is C19H19N3O4. The molecule has 7 nitrogen and oxygen atoms in total. The summed E-state index contributed by atoms with van der Waals surface area (Å²) in [7, 11) is 0. The van der Waals surface area contributed by atoms with Crippen LogP contribution in [0.1, 0.15) is 24.5 Å². The van der Waals surface area contributed by atoms with Crippen LogP contribution in [0.15, 0.2) is 51.8 Å².